The van der Waals surface area contributed by atoms with Crippen LogP contribution in [0.25, 0.3) is 11.4 Å². The average molecular weight is 364 g/mol. The molecule has 2 aromatic carbocycles. The zero-order valence-corrected chi connectivity index (χ0v) is 14.9. The number of nitrogens with zero attached hydrogens (tertiary/aromatic N) is 2. The van der Waals surface area contributed by atoms with Gasteiger partial charge in [-0.1, -0.05) is 30.3 Å². The van der Waals surface area contributed by atoms with E-state index in [1.807, 2.05) is 54.6 Å². The molecule has 7 nitrogen and oxygen atoms in total. The van der Waals surface area contributed by atoms with Crippen LogP contribution >= 0.6 is 0 Å². The van der Waals surface area contributed by atoms with Gasteiger partial charge in [0.15, 0.2) is 17.3 Å². The number of anilines is 3. The van der Waals surface area contributed by atoms with Crippen molar-refractivity contribution in [1.82, 2.24) is 9.97 Å². The van der Waals surface area contributed by atoms with E-state index in [4.69, 9.17) is 14.2 Å². The number of ether oxygens (including phenoxy) is 3. The molecule has 0 fully saturated rings. The molecule has 0 amide bonds. The molecule has 3 aromatic rings. The van der Waals surface area contributed by atoms with Crippen molar-refractivity contribution in [3.05, 3.63) is 54.6 Å². The van der Waals surface area contributed by atoms with Crippen LogP contribution in [-0.4, -0.2) is 37.0 Å². The van der Waals surface area contributed by atoms with Crippen molar-refractivity contribution in [3.63, 3.8) is 0 Å². The number of hydrogen-bond acceptors (Lipinski definition) is 7. The topological polar surface area (TPSA) is 77.5 Å². The van der Waals surface area contributed by atoms with Gasteiger partial charge in [0.25, 0.3) is 0 Å². The first-order chi connectivity index (χ1) is 13.3. The molecule has 0 spiro atoms. The molecule has 0 atom stereocenters. The predicted molar refractivity (Wildman–Crippen MR) is 104 cm³/mol. The number of methoxy groups -OCH3 is 1. The lowest BCUT2D eigenvalue weighted by atomic mass is 10.2. The van der Waals surface area contributed by atoms with Crippen molar-refractivity contribution >= 4 is 17.3 Å². The Hall–Kier alpha value is -3.32. The van der Waals surface area contributed by atoms with E-state index in [0.29, 0.717) is 24.8 Å². The van der Waals surface area contributed by atoms with E-state index in [0.717, 1.165) is 28.6 Å². The van der Waals surface area contributed by atoms with Crippen LogP contribution in [0.4, 0.5) is 17.3 Å². The molecule has 27 heavy (non-hydrogen) atoms. The summed E-state index contributed by atoms with van der Waals surface area (Å²) in [7, 11) is 1.67. The summed E-state index contributed by atoms with van der Waals surface area (Å²) in [6, 6.07) is 17.4. The maximum atomic E-state index is 5.44. The van der Waals surface area contributed by atoms with Gasteiger partial charge in [-0.3, -0.25) is 0 Å². The van der Waals surface area contributed by atoms with Crippen molar-refractivity contribution in [2.24, 2.45) is 0 Å². The van der Waals surface area contributed by atoms with Gasteiger partial charge in [-0.2, -0.15) is 0 Å². The predicted octanol–water partition coefficient (Wildman–Crippen LogP) is 3.67. The lowest BCUT2D eigenvalue weighted by Gasteiger charge is -2.12. The molecule has 0 bridgehead atoms. The minimum Gasteiger partial charge on any atom is -0.454 e. The van der Waals surface area contributed by atoms with Gasteiger partial charge in [0.2, 0.25) is 6.79 Å². The Balaban J connectivity index is 1.63. The summed E-state index contributed by atoms with van der Waals surface area (Å²) in [5.41, 5.74) is 1.81. The second kappa shape index (κ2) is 7.92. The maximum absolute atomic E-state index is 5.44. The molecule has 2 heterocycles. The normalized spacial score (nSPS) is 12.0. The van der Waals surface area contributed by atoms with Crippen LogP contribution in [0.15, 0.2) is 54.6 Å². The monoisotopic (exact) mass is 364 g/mol. The molecule has 1 aromatic heterocycles. The van der Waals surface area contributed by atoms with E-state index in [1.165, 1.54) is 0 Å². The highest BCUT2D eigenvalue weighted by Gasteiger charge is 2.14. The van der Waals surface area contributed by atoms with E-state index >= 15 is 0 Å². The number of rotatable bonds is 7. The largest absolute Gasteiger partial charge is 0.454 e. The number of nitrogens with one attached hydrogen (secondary N) is 2. The number of aromatic nitrogens is 2. The maximum Gasteiger partial charge on any atom is 0.231 e. The first-order valence-electron chi connectivity index (χ1n) is 8.66. The van der Waals surface area contributed by atoms with Gasteiger partial charge in [-0.25, -0.2) is 9.97 Å². The molecule has 0 radical (unpaired) electrons. The lowest BCUT2D eigenvalue weighted by Crippen LogP contribution is -2.10. The fraction of sp³-hybridized carbons (Fsp3) is 0.200. The summed E-state index contributed by atoms with van der Waals surface area (Å²) in [4.78, 5) is 9.27. The fourth-order valence-corrected chi connectivity index (χ4v) is 2.72. The van der Waals surface area contributed by atoms with Crippen LogP contribution in [0.1, 0.15) is 0 Å². The Bertz CT molecular complexity index is 918. The fourth-order valence-electron chi connectivity index (χ4n) is 2.72. The van der Waals surface area contributed by atoms with Crippen molar-refractivity contribution in [2.45, 2.75) is 0 Å². The van der Waals surface area contributed by atoms with Crippen molar-refractivity contribution < 1.29 is 14.2 Å². The van der Waals surface area contributed by atoms with Crippen LogP contribution in [0.3, 0.4) is 0 Å². The van der Waals surface area contributed by atoms with Gasteiger partial charge in [0, 0.05) is 37.0 Å². The highest BCUT2D eigenvalue weighted by atomic mass is 16.7. The molecular weight excluding hydrogens is 344 g/mol. The Labute approximate surface area is 157 Å². The van der Waals surface area contributed by atoms with Crippen molar-refractivity contribution in [3.8, 4) is 22.9 Å². The smallest absolute Gasteiger partial charge is 0.231 e. The summed E-state index contributed by atoms with van der Waals surface area (Å²) >= 11 is 0. The van der Waals surface area contributed by atoms with Crippen LogP contribution in [0.2, 0.25) is 0 Å². The van der Waals surface area contributed by atoms with Crippen LogP contribution in [0, 0.1) is 0 Å². The molecule has 1 aliphatic rings. The van der Waals surface area contributed by atoms with E-state index in [1.54, 1.807) is 7.11 Å². The van der Waals surface area contributed by atoms with Gasteiger partial charge < -0.3 is 24.8 Å². The highest BCUT2D eigenvalue weighted by Crippen LogP contribution is 2.35. The average Bonchev–Trinajstić information content (AvgIpc) is 3.17. The van der Waals surface area contributed by atoms with E-state index in [9.17, 15) is 0 Å². The SMILES string of the molecule is COCCNc1cc(Nc2ccc3c(c2)OCO3)nc(-c2ccccc2)n1. The zero-order chi connectivity index (χ0) is 18.5. The van der Waals surface area contributed by atoms with Gasteiger partial charge in [0.05, 0.1) is 6.61 Å². The Morgan fingerprint density at radius 1 is 0.963 bits per heavy atom. The molecule has 0 saturated carbocycles. The molecule has 0 saturated heterocycles. The molecule has 4 rings (SSSR count). The molecule has 1 aliphatic heterocycles. The summed E-state index contributed by atoms with van der Waals surface area (Å²) in [6.45, 7) is 1.50. The van der Waals surface area contributed by atoms with E-state index < -0.39 is 0 Å². The second-order valence-corrected chi connectivity index (χ2v) is 5.94. The number of fused-ring (bicyclic) bond motifs is 1. The summed E-state index contributed by atoms with van der Waals surface area (Å²) < 4.78 is 15.9. The third-order valence-corrected chi connectivity index (χ3v) is 4.02. The minimum atomic E-state index is 0.248. The lowest BCUT2D eigenvalue weighted by molar-refractivity contribution is 0.174. The molecular formula is C20H20N4O3. The quantitative estimate of drug-likeness (QED) is 0.619. The Morgan fingerprint density at radius 2 is 1.78 bits per heavy atom. The molecule has 138 valence electrons. The van der Waals surface area contributed by atoms with Crippen LogP contribution in [0.5, 0.6) is 11.5 Å². The zero-order valence-electron chi connectivity index (χ0n) is 14.9. The van der Waals surface area contributed by atoms with Crippen molar-refractivity contribution in [2.75, 3.05) is 37.7 Å². The number of hydrogen-bond donors (Lipinski definition) is 2. The van der Waals surface area contributed by atoms with Crippen molar-refractivity contribution in [1.29, 1.82) is 0 Å². The second-order valence-electron chi connectivity index (χ2n) is 5.94. The summed E-state index contributed by atoms with van der Waals surface area (Å²) in [5, 5.41) is 6.58. The standard InChI is InChI=1S/C20H20N4O3/c1-25-10-9-21-18-12-19(24-20(23-18)14-5-3-2-4-6-14)22-15-7-8-16-17(11-15)27-13-26-16/h2-8,11-12H,9-10,13H2,1H3,(H2,21,22,23,24). The molecule has 7 heteroatoms. The number of benzene rings is 2. The van der Waals surface area contributed by atoms with Gasteiger partial charge in [0.1, 0.15) is 11.6 Å². The first kappa shape index (κ1) is 17.1. The summed E-state index contributed by atoms with van der Waals surface area (Å²) in [6.07, 6.45) is 0. The molecule has 2 N–H and O–H groups in total. The minimum absolute atomic E-state index is 0.248. The van der Waals surface area contributed by atoms with Crippen LogP contribution < -0.4 is 20.1 Å². The van der Waals surface area contributed by atoms with Gasteiger partial charge in [-0.05, 0) is 12.1 Å². The first-order valence-corrected chi connectivity index (χ1v) is 8.66. The molecule has 0 aliphatic carbocycles. The third kappa shape index (κ3) is 4.09. The van der Waals surface area contributed by atoms with E-state index in [-0.39, 0.29) is 6.79 Å². The Kier molecular flexibility index (Phi) is 5.02. The highest BCUT2D eigenvalue weighted by molar-refractivity contribution is 5.67. The van der Waals surface area contributed by atoms with E-state index in [2.05, 4.69) is 20.6 Å². The Morgan fingerprint density at radius 3 is 2.63 bits per heavy atom. The van der Waals surface area contributed by atoms with Gasteiger partial charge >= 0.3 is 0 Å². The molecule has 0 unspecified atom stereocenters. The summed E-state index contributed by atoms with van der Waals surface area (Å²) in [5.74, 6) is 3.51. The van der Waals surface area contributed by atoms with Crippen LogP contribution in [-0.2, 0) is 4.74 Å². The van der Waals surface area contributed by atoms with Gasteiger partial charge in [-0.15, -0.1) is 0 Å². The third-order valence-electron chi connectivity index (χ3n) is 4.02.